The van der Waals surface area contributed by atoms with Crippen LogP contribution in [0, 0.1) is 19.8 Å². The smallest absolute Gasteiger partial charge is 0.191 e. The van der Waals surface area contributed by atoms with Gasteiger partial charge in [0.1, 0.15) is 0 Å². The Balaban J connectivity index is 1.79. The van der Waals surface area contributed by atoms with Gasteiger partial charge in [0.25, 0.3) is 0 Å². The standard InChI is InChI=1S/C18H33N5S/c1-5-19-18(20-10-9-17-22-14(3)15(4)24-17)21-12-16-8-7-11-23(6-2)13-16/h16H,5-13H2,1-4H3,(H2,19,20,21). The molecule has 0 bridgehead atoms. The fourth-order valence-corrected chi connectivity index (χ4v) is 4.02. The van der Waals surface area contributed by atoms with E-state index in [0.29, 0.717) is 5.92 Å². The molecule has 1 atom stereocenters. The highest BCUT2D eigenvalue weighted by molar-refractivity contribution is 7.11. The van der Waals surface area contributed by atoms with Crippen LogP contribution in [0.2, 0.25) is 0 Å². The molecule has 2 heterocycles. The maximum absolute atomic E-state index is 4.81. The van der Waals surface area contributed by atoms with Gasteiger partial charge in [-0.3, -0.25) is 4.99 Å². The predicted octanol–water partition coefficient (Wildman–Crippen LogP) is 2.59. The van der Waals surface area contributed by atoms with Crippen molar-refractivity contribution in [2.24, 2.45) is 10.9 Å². The number of nitrogens with zero attached hydrogens (tertiary/aromatic N) is 3. The van der Waals surface area contributed by atoms with Gasteiger partial charge in [-0.2, -0.15) is 0 Å². The Hall–Kier alpha value is -1.14. The fourth-order valence-electron chi connectivity index (χ4n) is 3.08. The average molecular weight is 352 g/mol. The largest absolute Gasteiger partial charge is 0.357 e. The summed E-state index contributed by atoms with van der Waals surface area (Å²) < 4.78 is 0. The van der Waals surface area contributed by atoms with Crippen LogP contribution in [-0.4, -0.2) is 55.1 Å². The molecule has 0 amide bonds. The summed E-state index contributed by atoms with van der Waals surface area (Å²) in [5.74, 6) is 1.63. The van der Waals surface area contributed by atoms with Gasteiger partial charge < -0.3 is 15.5 Å². The summed E-state index contributed by atoms with van der Waals surface area (Å²) in [5, 5.41) is 8.02. The highest BCUT2D eigenvalue weighted by Gasteiger charge is 2.18. The van der Waals surface area contributed by atoms with E-state index in [0.717, 1.165) is 44.3 Å². The Morgan fingerprint density at radius 3 is 2.83 bits per heavy atom. The summed E-state index contributed by atoms with van der Waals surface area (Å²) >= 11 is 1.80. The Labute approximate surface area is 151 Å². The summed E-state index contributed by atoms with van der Waals surface area (Å²) in [6, 6.07) is 0. The maximum Gasteiger partial charge on any atom is 0.191 e. The van der Waals surface area contributed by atoms with Gasteiger partial charge in [-0.15, -0.1) is 11.3 Å². The van der Waals surface area contributed by atoms with Crippen molar-refractivity contribution >= 4 is 17.3 Å². The van der Waals surface area contributed by atoms with Gasteiger partial charge in [-0.1, -0.05) is 6.92 Å². The molecule has 1 unspecified atom stereocenters. The molecule has 2 rings (SSSR count). The Morgan fingerprint density at radius 2 is 2.17 bits per heavy atom. The van der Waals surface area contributed by atoms with E-state index in [4.69, 9.17) is 4.99 Å². The first-order valence-corrected chi connectivity index (χ1v) is 10.1. The van der Waals surface area contributed by atoms with E-state index in [1.807, 2.05) is 0 Å². The van der Waals surface area contributed by atoms with E-state index in [9.17, 15) is 0 Å². The molecule has 0 aromatic carbocycles. The van der Waals surface area contributed by atoms with E-state index in [1.165, 1.54) is 35.8 Å². The monoisotopic (exact) mass is 351 g/mol. The van der Waals surface area contributed by atoms with E-state index < -0.39 is 0 Å². The second kappa shape index (κ2) is 9.99. The molecule has 24 heavy (non-hydrogen) atoms. The predicted molar refractivity (Wildman–Crippen MR) is 104 cm³/mol. The molecule has 0 aliphatic carbocycles. The van der Waals surface area contributed by atoms with Crippen molar-refractivity contribution < 1.29 is 0 Å². The van der Waals surface area contributed by atoms with Crippen molar-refractivity contribution in [2.45, 2.75) is 47.0 Å². The first kappa shape index (κ1) is 19.2. The zero-order chi connectivity index (χ0) is 17.4. The van der Waals surface area contributed by atoms with Crippen LogP contribution < -0.4 is 10.6 Å². The number of hydrogen-bond acceptors (Lipinski definition) is 4. The molecule has 1 aliphatic rings. The third-order valence-corrected chi connectivity index (χ3v) is 5.74. The zero-order valence-corrected chi connectivity index (χ0v) is 16.5. The molecule has 1 fully saturated rings. The lowest BCUT2D eigenvalue weighted by Gasteiger charge is -2.31. The number of hydrogen-bond donors (Lipinski definition) is 2. The number of likely N-dealkylation sites (tertiary alicyclic amines) is 1. The van der Waals surface area contributed by atoms with Crippen LogP contribution in [-0.2, 0) is 6.42 Å². The minimum Gasteiger partial charge on any atom is -0.357 e. The number of guanidine groups is 1. The van der Waals surface area contributed by atoms with Crippen LogP contribution in [0.4, 0.5) is 0 Å². The van der Waals surface area contributed by atoms with Gasteiger partial charge in [0.2, 0.25) is 0 Å². The molecule has 1 aliphatic heterocycles. The molecular weight excluding hydrogens is 318 g/mol. The third kappa shape index (κ3) is 6.06. The fraction of sp³-hybridized carbons (Fsp3) is 0.778. The number of rotatable bonds is 7. The molecule has 0 spiro atoms. The SMILES string of the molecule is CCNC(=NCC1CCCN(CC)C1)NCCc1nc(C)c(C)s1. The van der Waals surface area contributed by atoms with Crippen LogP contribution >= 0.6 is 11.3 Å². The minimum absolute atomic E-state index is 0.693. The normalized spacial score (nSPS) is 19.5. The van der Waals surface area contributed by atoms with Crippen molar-refractivity contribution in [3.05, 3.63) is 15.6 Å². The van der Waals surface area contributed by atoms with Crippen LogP contribution in [0.15, 0.2) is 4.99 Å². The highest BCUT2D eigenvalue weighted by atomic mass is 32.1. The number of nitrogens with one attached hydrogen (secondary N) is 2. The van der Waals surface area contributed by atoms with Crippen molar-refractivity contribution in [2.75, 3.05) is 39.3 Å². The first-order valence-electron chi connectivity index (χ1n) is 9.29. The maximum atomic E-state index is 4.81. The van der Waals surface area contributed by atoms with E-state index >= 15 is 0 Å². The second-order valence-electron chi connectivity index (χ2n) is 6.55. The van der Waals surface area contributed by atoms with Gasteiger partial charge in [0.05, 0.1) is 10.7 Å². The molecule has 0 saturated carbocycles. The lowest BCUT2D eigenvalue weighted by Crippen LogP contribution is -2.40. The molecular formula is C18H33N5S. The minimum atomic E-state index is 0.693. The van der Waals surface area contributed by atoms with E-state index in [2.05, 4.69) is 48.2 Å². The summed E-state index contributed by atoms with van der Waals surface area (Å²) in [6.07, 6.45) is 3.56. The van der Waals surface area contributed by atoms with Crippen molar-refractivity contribution in [1.82, 2.24) is 20.5 Å². The highest BCUT2D eigenvalue weighted by Crippen LogP contribution is 2.17. The average Bonchev–Trinajstić information content (AvgIpc) is 2.91. The van der Waals surface area contributed by atoms with Gasteiger partial charge >= 0.3 is 0 Å². The van der Waals surface area contributed by atoms with Gasteiger partial charge in [0, 0.05) is 37.5 Å². The summed E-state index contributed by atoms with van der Waals surface area (Å²) in [4.78, 5) is 13.3. The van der Waals surface area contributed by atoms with Gasteiger partial charge in [-0.25, -0.2) is 4.98 Å². The molecule has 0 radical (unpaired) electrons. The molecule has 5 nitrogen and oxygen atoms in total. The second-order valence-corrected chi connectivity index (χ2v) is 7.83. The topological polar surface area (TPSA) is 52.6 Å². The summed E-state index contributed by atoms with van der Waals surface area (Å²) in [7, 11) is 0. The van der Waals surface area contributed by atoms with E-state index in [1.54, 1.807) is 11.3 Å². The number of thiazole rings is 1. The van der Waals surface area contributed by atoms with Crippen LogP contribution in [0.3, 0.4) is 0 Å². The van der Waals surface area contributed by atoms with Crippen molar-refractivity contribution in [3.8, 4) is 0 Å². The van der Waals surface area contributed by atoms with E-state index in [-0.39, 0.29) is 0 Å². The van der Waals surface area contributed by atoms with Crippen LogP contribution in [0.5, 0.6) is 0 Å². The first-order chi connectivity index (χ1) is 11.6. The summed E-state index contributed by atoms with van der Waals surface area (Å²) in [5.41, 5.74) is 1.16. The Bertz CT molecular complexity index is 506. The summed E-state index contributed by atoms with van der Waals surface area (Å²) in [6.45, 7) is 14.9. The van der Waals surface area contributed by atoms with Gasteiger partial charge in [-0.05, 0) is 52.6 Å². The van der Waals surface area contributed by atoms with Crippen LogP contribution in [0.1, 0.15) is 42.3 Å². The van der Waals surface area contributed by atoms with Crippen LogP contribution in [0.25, 0.3) is 0 Å². The Kier molecular flexibility index (Phi) is 7.99. The number of aliphatic imine (C=N–C) groups is 1. The van der Waals surface area contributed by atoms with Gasteiger partial charge in [0.15, 0.2) is 5.96 Å². The molecule has 136 valence electrons. The lowest BCUT2D eigenvalue weighted by atomic mass is 9.98. The number of aryl methyl sites for hydroxylation is 2. The Morgan fingerprint density at radius 1 is 1.33 bits per heavy atom. The number of piperidine rings is 1. The lowest BCUT2D eigenvalue weighted by molar-refractivity contribution is 0.186. The molecule has 1 saturated heterocycles. The molecule has 6 heteroatoms. The van der Waals surface area contributed by atoms with Crippen molar-refractivity contribution in [1.29, 1.82) is 0 Å². The molecule has 1 aromatic heterocycles. The molecule has 1 aromatic rings. The number of aromatic nitrogens is 1. The third-order valence-electron chi connectivity index (χ3n) is 4.61. The quantitative estimate of drug-likeness (QED) is 0.586. The zero-order valence-electron chi connectivity index (χ0n) is 15.7. The van der Waals surface area contributed by atoms with Crippen molar-refractivity contribution in [3.63, 3.8) is 0 Å². The molecule has 2 N–H and O–H groups in total.